The van der Waals surface area contributed by atoms with Crippen molar-refractivity contribution in [3.05, 3.63) is 89.5 Å². The number of hydrogen-bond acceptors (Lipinski definition) is 5. The number of rotatable bonds is 14. The van der Waals surface area contributed by atoms with Gasteiger partial charge in [0, 0.05) is 12.6 Å². The molecule has 0 saturated carbocycles. The lowest BCUT2D eigenvalue weighted by atomic mass is 10.1. The number of hydrogen-bond donors (Lipinski definition) is 1. The highest BCUT2D eigenvalue weighted by Crippen LogP contribution is 2.28. The number of amides is 2. The lowest BCUT2D eigenvalue weighted by Crippen LogP contribution is -2.53. The summed E-state index contributed by atoms with van der Waals surface area (Å²) in [6, 6.07) is 20.2. The quantitative estimate of drug-likeness (QED) is 0.267. The van der Waals surface area contributed by atoms with E-state index in [4.69, 9.17) is 4.74 Å². The Balaban J connectivity index is 2.09. The van der Waals surface area contributed by atoms with Crippen LogP contribution >= 0.6 is 0 Å². The molecule has 0 radical (unpaired) electrons. The average Bonchev–Trinajstić information content (AvgIpc) is 2.99. The van der Waals surface area contributed by atoms with Crippen LogP contribution in [0.15, 0.2) is 77.7 Å². The van der Waals surface area contributed by atoms with Gasteiger partial charge in [0.1, 0.15) is 18.3 Å². The van der Waals surface area contributed by atoms with E-state index in [9.17, 15) is 18.0 Å². The number of carbonyl (C=O) groups is 2. The first-order valence-electron chi connectivity index (χ1n) is 14.5. The Labute approximate surface area is 250 Å². The molecule has 3 aromatic rings. The van der Waals surface area contributed by atoms with E-state index < -0.39 is 28.5 Å². The van der Waals surface area contributed by atoms with Gasteiger partial charge in [0.15, 0.2) is 0 Å². The zero-order valence-corrected chi connectivity index (χ0v) is 26.3. The summed E-state index contributed by atoms with van der Waals surface area (Å²) in [4.78, 5) is 29.3. The van der Waals surface area contributed by atoms with Crippen molar-refractivity contribution in [1.29, 1.82) is 0 Å². The molecule has 0 saturated heterocycles. The van der Waals surface area contributed by atoms with Crippen LogP contribution in [-0.2, 0) is 32.6 Å². The molecule has 2 atom stereocenters. The van der Waals surface area contributed by atoms with Crippen molar-refractivity contribution in [3.8, 4) is 5.75 Å². The number of nitrogens with zero attached hydrogens (tertiary/aromatic N) is 2. The van der Waals surface area contributed by atoms with Crippen LogP contribution in [0.1, 0.15) is 57.2 Å². The van der Waals surface area contributed by atoms with Crippen molar-refractivity contribution >= 4 is 27.5 Å². The van der Waals surface area contributed by atoms with Crippen LogP contribution in [0.5, 0.6) is 5.75 Å². The van der Waals surface area contributed by atoms with E-state index in [2.05, 4.69) is 5.32 Å². The molecular weight excluding hydrogens is 550 g/mol. The fraction of sp³-hybridized carbons (Fsp3) is 0.394. The van der Waals surface area contributed by atoms with E-state index in [0.29, 0.717) is 24.3 Å². The monoisotopic (exact) mass is 593 g/mol. The third-order valence-corrected chi connectivity index (χ3v) is 9.20. The Hall–Kier alpha value is -3.85. The third-order valence-electron chi connectivity index (χ3n) is 7.43. The standard InChI is InChI=1S/C33H43N3O5S/c1-7-25(5)34-33(38)30(9-3)35(22-26-16-18-28(41-6)19-17-26)32(37)23-36(31-13-11-10-12-27(31)8-2)42(39,40)29-20-14-24(4)15-21-29/h10-21,25,30H,7-9,22-23H2,1-6H3,(H,34,38). The van der Waals surface area contributed by atoms with E-state index in [1.54, 1.807) is 55.6 Å². The maximum atomic E-state index is 14.3. The second kappa shape index (κ2) is 14.9. The Kier molecular flexibility index (Phi) is 11.6. The number of carbonyl (C=O) groups excluding carboxylic acids is 2. The first kappa shape index (κ1) is 32.7. The first-order valence-corrected chi connectivity index (χ1v) is 15.9. The summed E-state index contributed by atoms with van der Waals surface area (Å²) in [6.45, 7) is 9.24. The normalized spacial score (nSPS) is 12.7. The van der Waals surface area contributed by atoms with Crippen molar-refractivity contribution in [2.75, 3.05) is 18.0 Å². The minimum absolute atomic E-state index is 0.0701. The molecular formula is C33H43N3O5S. The predicted octanol–water partition coefficient (Wildman–Crippen LogP) is 5.48. The zero-order valence-electron chi connectivity index (χ0n) is 25.5. The van der Waals surface area contributed by atoms with Gasteiger partial charge in [0.2, 0.25) is 11.8 Å². The fourth-order valence-corrected chi connectivity index (χ4v) is 6.14. The number of benzene rings is 3. The molecule has 2 amide bonds. The second-order valence-corrected chi connectivity index (χ2v) is 12.3. The lowest BCUT2D eigenvalue weighted by Gasteiger charge is -2.34. The summed E-state index contributed by atoms with van der Waals surface area (Å²) in [7, 11) is -2.54. The van der Waals surface area contributed by atoms with E-state index in [1.165, 1.54) is 9.21 Å². The number of sulfonamides is 1. The molecule has 1 N–H and O–H groups in total. The van der Waals surface area contributed by atoms with Crippen LogP contribution in [-0.4, -0.2) is 50.9 Å². The van der Waals surface area contributed by atoms with Crippen LogP contribution in [0.4, 0.5) is 5.69 Å². The summed E-state index contributed by atoms with van der Waals surface area (Å²) in [5.74, 6) is -0.0705. The molecule has 226 valence electrons. The van der Waals surface area contributed by atoms with Crippen molar-refractivity contribution in [3.63, 3.8) is 0 Å². The fourth-order valence-electron chi connectivity index (χ4n) is 4.69. The highest BCUT2D eigenvalue weighted by atomic mass is 32.2. The third kappa shape index (κ3) is 7.91. The van der Waals surface area contributed by atoms with Crippen molar-refractivity contribution in [2.24, 2.45) is 0 Å². The van der Waals surface area contributed by atoms with Crippen LogP contribution in [0.25, 0.3) is 0 Å². The molecule has 3 aromatic carbocycles. The van der Waals surface area contributed by atoms with Crippen molar-refractivity contribution < 1.29 is 22.7 Å². The summed E-state index contributed by atoms with van der Waals surface area (Å²) in [5, 5.41) is 3.00. The Morgan fingerprint density at radius 1 is 0.905 bits per heavy atom. The molecule has 0 aromatic heterocycles. The number of aryl methyl sites for hydroxylation is 2. The second-order valence-electron chi connectivity index (χ2n) is 10.4. The maximum absolute atomic E-state index is 14.3. The van der Waals surface area contributed by atoms with Crippen molar-refractivity contribution in [1.82, 2.24) is 10.2 Å². The molecule has 0 aliphatic carbocycles. The number of anilines is 1. The van der Waals surface area contributed by atoms with Gasteiger partial charge in [-0.3, -0.25) is 13.9 Å². The average molecular weight is 594 g/mol. The highest BCUT2D eigenvalue weighted by molar-refractivity contribution is 7.92. The van der Waals surface area contributed by atoms with Gasteiger partial charge in [-0.1, -0.05) is 68.8 Å². The summed E-state index contributed by atoms with van der Waals surface area (Å²) in [6.07, 6.45) is 1.68. The zero-order chi connectivity index (χ0) is 30.9. The molecule has 2 unspecified atom stereocenters. The molecule has 0 aliphatic rings. The summed E-state index contributed by atoms with van der Waals surface area (Å²) >= 11 is 0. The van der Waals surface area contributed by atoms with Gasteiger partial charge >= 0.3 is 0 Å². The van der Waals surface area contributed by atoms with E-state index in [-0.39, 0.29) is 23.4 Å². The van der Waals surface area contributed by atoms with E-state index >= 15 is 0 Å². The largest absolute Gasteiger partial charge is 0.497 e. The van der Waals surface area contributed by atoms with Crippen LogP contribution in [0.3, 0.4) is 0 Å². The number of nitrogens with one attached hydrogen (secondary N) is 1. The van der Waals surface area contributed by atoms with Gasteiger partial charge in [0.05, 0.1) is 17.7 Å². The van der Waals surface area contributed by atoms with E-state index in [1.807, 2.05) is 58.9 Å². The number of methoxy groups -OCH3 is 1. The number of ether oxygens (including phenoxy) is 1. The minimum Gasteiger partial charge on any atom is -0.497 e. The van der Waals surface area contributed by atoms with Gasteiger partial charge in [-0.05, 0) is 74.6 Å². The molecule has 9 heteroatoms. The molecule has 0 heterocycles. The molecule has 0 spiro atoms. The van der Waals surface area contributed by atoms with Crippen LogP contribution < -0.4 is 14.4 Å². The minimum atomic E-state index is -4.12. The molecule has 42 heavy (non-hydrogen) atoms. The molecule has 8 nitrogen and oxygen atoms in total. The highest BCUT2D eigenvalue weighted by Gasteiger charge is 2.34. The molecule has 0 bridgehead atoms. The Morgan fingerprint density at radius 2 is 1.55 bits per heavy atom. The Morgan fingerprint density at radius 3 is 2.12 bits per heavy atom. The molecule has 0 aliphatic heterocycles. The van der Waals surface area contributed by atoms with Crippen LogP contribution in [0, 0.1) is 6.92 Å². The maximum Gasteiger partial charge on any atom is 0.264 e. The summed E-state index contributed by atoms with van der Waals surface area (Å²) < 4.78 is 34.7. The van der Waals surface area contributed by atoms with E-state index in [0.717, 1.165) is 23.1 Å². The van der Waals surface area contributed by atoms with Gasteiger partial charge in [-0.25, -0.2) is 8.42 Å². The lowest BCUT2D eigenvalue weighted by molar-refractivity contribution is -0.140. The van der Waals surface area contributed by atoms with Gasteiger partial charge in [-0.15, -0.1) is 0 Å². The van der Waals surface area contributed by atoms with Crippen molar-refractivity contribution in [2.45, 2.75) is 77.4 Å². The number of para-hydroxylation sites is 1. The molecule has 0 fully saturated rings. The SMILES string of the molecule is CCc1ccccc1N(CC(=O)N(Cc1ccc(OC)cc1)C(CC)C(=O)NC(C)CC)S(=O)(=O)c1ccc(C)cc1. The Bertz CT molecular complexity index is 1440. The summed E-state index contributed by atoms with van der Waals surface area (Å²) in [5.41, 5.74) is 2.95. The predicted molar refractivity (Wildman–Crippen MR) is 167 cm³/mol. The van der Waals surface area contributed by atoms with Crippen LogP contribution in [0.2, 0.25) is 0 Å². The smallest absolute Gasteiger partial charge is 0.264 e. The van der Waals surface area contributed by atoms with Gasteiger partial charge in [0.25, 0.3) is 10.0 Å². The first-order chi connectivity index (χ1) is 20.0. The topological polar surface area (TPSA) is 96.0 Å². The van der Waals surface area contributed by atoms with Gasteiger partial charge < -0.3 is 15.0 Å². The molecule has 3 rings (SSSR count). The van der Waals surface area contributed by atoms with Gasteiger partial charge in [-0.2, -0.15) is 0 Å².